The molecule has 1 aliphatic rings. The molecule has 2 unspecified atom stereocenters. The van der Waals surface area contributed by atoms with Crippen molar-refractivity contribution in [2.75, 3.05) is 19.1 Å². The van der Waals surface area contributed by atoms with Gasteiger partial charge in [-0.15, -0.1) is 0 Å². The van der Waals surface area contributed by atoms with Crippen molar-refractivity contribution < 1.29 is 19.2 Å². The van der Waals surface area contributed by atoms with Crippen LogP contribution in [-0.4, -0.2) is 47.6 Å². The van der Waals surface area contributed by atoms with E-state index in [9.17, 15) is 9.90 Å². The second-order valence-corrected chi connectivity index (χ2v) is 5.18. The number of urea groups is 1. The van der Waals surface area contributed by atoms with Crippen LogP contribution in [0.4, 0.5) is 10.6 Å². The minimum absolute atomic E-state index is 0.286. The van der Waals surface area contributed by atoms with Crippen LogP contribution >= 0.6 is 0 Å². The maximum absolute atomic E-state index is 12.0. The number of methoxy groups -OCH3 is 1. The average Bonchev–Trinajstić information content (AvgIpc) is 2.92. The van der Waals surface area contributed by atoms with E-state index in [4.69, 9.17) is 9.26 Å². The number of likely N-dealkylation sites (N-methyl/N-ethyl adjacent to an activating group) is 1. The molecule has 0 saturated carbocycles. The average molecular weight is 269 g/mol. The Morgan fingerprint density at radius 2 is 2.16 bits per heavy atom. The third-order valence-corrected chi connectivity index (χ3v) is 3.66. The van der Waals surface area contributed by atoms with Crippen LogP contribution in [0.1, 0.15) is 26.5 Å². The highest BCUT2D eigenvalue weighted by Gasteiger charge is 2.43. The number of aliphatic hydroxyl groups excluding tert-OH is 1. The summed E-state index contributed by atoms with van der Waals surface area (Å²) in [5.74, 6) is 0.779. The zero-order valence-electron chi connectivity index (χ0n) is 11.7. The molecule has 0 bridgehead atoms. The molecule has 2 amide bonds. The van der Waals surface area contributed by atoms with Crippen LogP contribution in [0.3, 0.4) is 0 Å². The Bertz CT molecular complexity index is 485. The van der Waals surface area contributed by atoms with Gasteiger partial charge in [-0.1, -0.05) is 5.16 Å². The van der Waals surface area contributed by atoms with Gasteiger partial charge >= 0.3 is 6.03 Å². The fourth-order valence-electron chi connectivity index (χ4n) is 1.87. The van der Waals surface area contributed by atoms with E-state index in [1.54, 1.807) is 27.1 Å². The fourth-order valence-corrected chi connectivity index (χ4v) is 1.87. The van der Waals surface area contributed by atoms with E-state index in [1.165, 1.54) is 9.80 Å². The van der Waals surface area contributed by atoms with Gasteiger partial charge < -0.3 is 19.3 Å². The lowest BCUT2D eigenvalue weighted by atomic mass is 10.1. The van der Waals surface area contributed by atoms with Crippen LogP contribution in [0.2, 0.25) is 0 Å². The lowest BCUT2D eigenvalue weighted by Crippen LogP contribution is -2.35. The van der Waals surface area contributed by atoms with Crippen molar-refractivity contribution in [2.24, 2.45) is 0 Å². The number of hydrogen-bond acceptors (Lipinski definition) is 5. The van der Waals surface area contributed by atoms with Gasteiger partial charge in [-0.2, -0.15) is 0 Å². The molecule has 1 aliphatic heterocycles. The van der Waals surface area contributed by atoms with Crippen molar-refractivity contribution in [1.29, 1.82) is 0 Å². The number of aliphatic hydroxyl groups is 1. The monoisotopic (exact) mass is 269 g/mol. The standard InChI is InChI=1S/C12H19N3O4/c1-7-10(16)15(11(17)14(7)4)9-6-8(19-13-9)12(2,3)18-5/h6-7,10,16H,1-5H3. The van der Waals surface area contributed by atoms with Crippen LogP contribution < -0.4 is 4.90 Å². The third-order valence-electron chi connectivity index (χ3n) is 3.66. The van der Waals surface area contributed by atoms with Gasteiger partial charge in [-0.25, -0.2) is 9.69 Å². The van der Waals surface area contributed by atoms with E-state index in [0.29, 0.717) is 5.76 Å². The SMILES string of the molecule is COC(C)(C)c1cc(N2C(=O)N(C)C(C)C2O)no1. The molecule has 1 fully saturated rings. The zero-order chi connectivity index (χ0) is 14.4. The maximum atomic E-state index is 12.0. The number of rotatable bonds is 3. The van der Waals surface area contributed by atoms with Crippen LogP contribution in [0, 0.1) is 0 Å². The summed E-state index contributed by atoms with van der Waals surface area (Å²) in [4.78, 5) is 14.7. The van der Waals surface area contributed by atoms with Gasteiger partial charge in [0.15, 0.2) is 17.8 Å². The highest BCUT2D eigenvalue weighted by atomic mass is 16.5. The lowest BCUT2D eigenvalue weighted by Gasteiger charge is -2.18. The molecule has 106 valence electrons. The topological polar surface area (TPSA) is 79.0 Å². The van der Waals surface area contributed by atoms with Crippen LogP contribution in [0.25, 0.3) is 0 Å². The Labute approximate surface area is 111 Å². The van der Waals surface area contributed by atoms with Gasteiger partial charge in [0.1, 0.15) is 5.60 Å². The first kappa shape index (κ1) is 13.8. The molecule has 0 spiro atoms. The Morgan fingerprint density at radius 3 is 2.63 bits per heavy atom. The summed E-state index contributed by atoms with van der Waals surface area (Å²) in [5, 5.41) is 13.9. The van der Waals surface area contributed by atoms with Crippen LogP contribution in [0.5, 0.6) is 0 Å². The number of aromatic nitrogens is 1. The lowest BCUT2D eigenvalue weighted by molar-refractivity contribution is -0.00346. The number of amides is 2. The number of carbonyl (C=O) groups excluding carboxylic acids is 1. The van der Waals surface area contributed by atoms with Crippen molar-refractivity contribution in [3.8, 4) is 0 Å². The first-order valence-electron chi connectivity index (χ1n) is 6.06. The molecule has 1 aromatic rings. The summed E-state index contributed by atoms with van der Waals surface area (Å²) in [7, 11) is 3.20. The van der Waals surface area contributed by atoms with Crippen LogP contribution in [0.15, 0.2) is 10.6 Å². The molecular weight excluding hydrogens is 250 g/mol. The molecule has 7 heteroatoms. The van der Waals surface area contributed by atoms with Crippen molar-refractivity contribution in [1.82, 2.24) is 10.1 Å². The second-order valence-electron chi connectivity index (χ2n) is 5.18. The molecule has 2 rings (SSSR count). The predicted octanol–water partition coefficient (Wildman–Crippen LogP) is 1.13. The Hall–Kier alpha value is -1.60. The number of nitrogens with zero attached hydrogens (tertiary/aromatic N) is 3. The van der Waals surface area contributed by atoms with E-state index in [-0.39, 0.29) is 17.9 Å². The van der Waals surface area contributed by atoms with Crippen molar-refractivity contribution in [2.45, 2.75) is 38.6 Å². The molecule has 1 N–H and O–H groups in total. The quantitative estimate of drug-likeness (QED) is 0.890. The molecule has 0 aliphatic carbocycles. The maximum Gasteiger partial charge on any atom is 0.328 e. The molecule has 1 aromatic heterocycles. The van der Waals surface area contributed by atoms with Crippen molar-refractivity contribution in [3.63, 3.8) is 0 Å². The molecule has 0 radical (unpaired) electrons. The molecule has 1 saturated heterocycles. The molecule has 0 aromatic carbocycles. The van der Waals surface area contributed by atoms with Gasteiger partial charge in [0.2, 0.25) is 0 Å². The number of anilines is 1. The summed E-state index contributed by atoms with van der Waals surface area (Å²) in [5.41, 5.74) is -0.642. The largest absolute Gasteiger partial charge is 0.371 e. The van der Waals surface area contributed by atoms with Crippen LogP contribution in [-0.2, 0) is 10.3 Å². The number of hydrogen-bond donors (Lipinski definition) is 1. The number of carbonyl (C=O) groups is 1. The summed E-state index contributed by atoms with van der Waals surface area (Å²) >= 11 is 0. The first-order chi connectivity index (χ1) is 8.79. The molecule has 19 heavy (non-hydrogen) atoms. The first-order valence-corrected chi connectivity index (χ1v) is 6.06. The van der Waals surface area contributed by atoms with E-state index in [2.05, 4.69) is 5.16 Å². The van der Waals surface area contributed by atoms with Gasteiger partial charge in [0, 0.05) is 20.2 Å². The smallest absolute Gasteiger partial charge is 0.328 e. The van der Waals surface area contributed by atoms with Gasteiger partial charge in [-0.05, 0) is 20.8 Å². The van der Waals surface area contributed by atoms with Gasteiger partial charge in [0.05, 0.1) is 6.04 Å². The van der Waals surface area contributed by atoms with E-state index in [1.807, 2.05) is 13.8 Å². The summed E-state index contributed by atoms with van der Waals surface area (Å²) in [6.45, 7) is 5.42. The highest BCUT2D eigenvalue weighted by Crippen LogP contribution is 2.31. The number of ether oxygens (including phenoxy) is 1. The van der Waals surface area contributed by atoms with Crippen molar-refractivity contribution >= 4 is 11.8 Å². The third kappa shape index (κ3) is 2.08. The molecule has 7 nitrogen and oxygen atoms in total. The summed E-state index contributed by atoms with van der Waals surface area (Å²) in [6.07, 6.45) is -0.943. The zero-order valence-corrected chi connectivity index (χ0v) is 11.7. The highest BCUT2D eigenvalue weighted by molar-refractivity contribution is 5.93. The Balaban J connectivity index is 2.31. The predicted molar refractivity (Wildman–Crippen MR) is 67.6 cm³/mol. The minimum Gasteiger partial charge on any atom is -0.371 e. The minimum atomic E-state index is -0.943. The fraction of sp³-hybridized carbons (Fsp3) is 0.667. The molecule has 2 heterocycles. The molecular formula is C12H19N3O4. The molecule has 2 atom stereocenters. The second kappa shape index (κ2) is 4.50. The summed E-state index contributed by atoms with van der Waals surface area (Å²) < 4.78 is 10.5. The van der Waals surface area contributed by atoms with Gasteiger partial charge in [0.25, 0.3) is 0 Å². The van der Waals surface area contributed by atoms with Gasteiger partial charge in [-0.3, -0.25) is 0 Å². The van der Waals surface area contributed by atoms with E-state index >= 15 is 0 Å². The van der Waals surface area contributed by atoms with E-state index in [0.717, 1.165) is 0 Å². The normalized spacial score (nSPS) is 24.4. The Morgan fingerprint density at radius 1 is 1.53 bits per heavy atom. The van der Waals surface area contributed by atoms with E-state index < -0.39 is 11.8 Å². The Kier molecular flexibility index (Phi) is 3.27. The van der Waals surface area contributed by atoms with Crippen molar-refractivity contribution in [3.05, 3.63) is 11.8 Å². The summed E-state index contributed by atoms with van der Waals surface area (Å²) in [6, 6.07) is 0.995.